The number of benzene rings is 2. The fourth-order valence-corrected chi connectivity index (χ4v) is 4.40. The summed E-state index contributed by atoms with van der Waals surface area (Å²) in [5.41, 5.74) is 0.546. The molecule has 2 aromatic rings. The summed E-state index contributed by atoms with van der Waals surface area (Å²) >= 11 is 0. The number of carbonyl (C=O) groups excluding carboxylic acids is 1. The third kappa shape index (κ3) is 6.18. The Morgan fingerprint density at radius 1 is 1.06 bits per heavy atom. The summed E-state index contributed by atoms with van der Waals surface area (Å²) in [6.07, 6.45) is 1.68. The van der Waals surface area contributed by atoms with E-state index in [2.05, 4.69) is 4.72 Å². The normalized spacial score (nSPS) is 14.5. The first-order valence-corrected chi connectivity index (χ1v) is 11.9. The van der Waals surface area contributed by atoms with Crippen molar-refractivity contribution in [3.8, 4) is 5.75 Å². The maximum Gasteiger partial charge on any atom is 0.260 e. The zero-order valence-electron chi connectivity index (χ0n) is 17.6. The highest BCUT2D eigenvalue weighted by molar-refractivity contribution is 7.89. The molecule has 0 spiro atoms. The lowest BCUT2D eigenvalue weighted by molar-refractivity contribution is -0.133. The molecule has 1 aliphatic heterocycles. The topological polar surface area (TPSA) is 78.9 Å². The highest BCUT2D eigenvalue weighted by Crippen LogP contribution is 2.20. The molecule has 1 fully saturated rings. The first-order chi connectivity index (χ1) is 14.9. The number of hydrogen-bond donors (Lipinski definition) is 1. The predicted molar refractivity (Wildman–Crippen MR) is 117 cm³/mol. The van der Waals surface area contributed by atoms with E-state index in [0.717, 1.165) is 12.8 Å². The maximum atomic E-state index is 13.9. The van der Waals surface area contributed by atoms with Crippen LogP contribution in [0, 0.1) is 5.82 Å². The quantitative estimate of drug-likeness (QED) is 0.596. The average molecular weight is 450 g/mol. The van der Waals surface area contributed by atoms with Crippen molar-refractivity contribution in [1.29, 1.82) is 0 Å². The number of nitrogens with one attached hydrogen (secondary N) is 1. The molecule has 168 valence electrons. The van der Waals surface area contributed by atoms with Crippen LogP contribution < -0.4 is 14.4 Å². The lowest BCUT2D eigenvalue weighted by Crippen LogP contribution is -2.50. The molecule has 1 N–H and O–H groups in total. The molecule has 1 heterocycles. The van der Waals surface area contributed by atoms with Gasteiger partial charge in [0.25, 0.3) is 5.91 Å². The molecule has 2 aromatic carbocycles. The van der Waals surface area contributed by atoms with Crippen LogP contribution in [0.3, 0.4) is 0 Å². The number of hydrogen-bond acceptors (Lipinski definition) is 5. The lowest BCUT2D eigenvalue weighted by atomic mass is 10.2. The number of rotatable bonds is 9. The molecule has 0 atom stereocenters. The molecule has 1 aliphatic rings. The summed E-state index contributed by atoms with van der Waals surface area (Å²) in [5, 5.41) is 0. The second kappa shape index (κ2) is 10.6. The van der Waals surface area contributed by atoms with Crippen molar-refractivity contribution in [2.24, 2.45) is 0 Å². The zero-order chi connectivity index (χ0) is 22.3. The van der Waals surface area contributed by atoms with Gasteiger partial charge in [-0.15, -0.1) is 0 Å². The summed E-state index contributed by atoms with van der Waals surface area (Å²) in [7, 11) is -3.54. The van der Waals surface area contributed by atoms with Crippen LogP contribution in [-0.4, -0.2) is 58.6 Å². The number of ether oxygens (including phenoxy) is 1. The van der Waals surface area contributed by atoms with Gasteiger partial charge in [-0.3, -0.25) is 4.79 Å². The van der Waals surface area contributed by atoms with Crippen molar-refractivity contribution >= 4 is 21.6 Å². The fraction of sp³-hybridized carbons (Fsp3) is 0.409. The van der Waals surface area contributed by atoms with Crippen LogP contribution in [0.1, 0.15) is 19.8 Å². The van der Waals surface area contributed by atoms with Gasteiger partial charge in [0.15, 0.2) is 6.61 Å². The van der Waals surface area contributed by atoms with Gasteiger partial charge in [-0.25, -0.2) is 17.5 Å². The Balaban J connectivity index is 1.47. The minimum absolute atomic E-state index is 0.138. The summed E-state index contributed by atoms with van der Waals surface area (Å²) in [4.78, 5) is 16.2. The second-order valence-corrected chi connectivity index (χ2v) is 9.10. The number of anilines is 1. The first-order valence-electron chi connectivity index (χ1n) is 10.4. The number of piperazine rings is 1. The van der Waals surface area contributed by atoms with Gasteiger partial charge in [0.05, 0.1) is 10.6 Å². The van der Waals surface area contributed by atoms with Gasteiger partial charge in [0.2, 0.25) is 10.0 Å². The molecule has 0 bridgehead atoms. The van der Waals surface area contributed by atoms with Crippen LogP contribution in [-0.2, 0) is 14.8 Å². The van der Waals surface area contributed by atoms with E-state index in [1.165, 1.54) is 30.3 Å². The first kappa shape index (κ1) is 23.0. The molecule has 0 aromatic heterocycles. The highest BCUT2D eigenvalue weighted by Gasteiger charge is 2.23. The lowest BCUT2D eigenvalue weighted by Gasteiger charge is -2.36. The summed E-state index contributed by atoms with van der Waals surface area (Å²) in [5.74, 6) is -0.00593. The van der Waals surface area contributed by atoms with Gasteiger partial charge < -0.3 is 14.5 Å². The zero-order valence-corrected chi connectivity index (χ0v) is 18.4. The SMILES string of the molecule is CCCCNS(=O)(=O)c1ccc(OCC(=O)N2CCN(c3ccccc3F)CC2)cc1. The maximum absolute atomic E-state index is 13.9. The fourth-order valence-electron chi connectivity index (χ4n) is 3.32. The molecular weight excluding hydrogens is 421 g/mol. The number of unbranched alkanes of at least 4 members (excludes halogenated alkanes) is 1. The van der Waals surface area contributed by atoms with E-state index in [4.69, 9.17) is 4.74 Å². The van der Waals surface area contributed by atoms with Crippen molar-refractivity contribution in [3.63, 3.8) is 0 Å². The number of amides is 1. The third-order valence-electron chi connectivity index (χ3n) is 5.14. The van der Waals surface area contributed by atoms with E-state index in [1.807, 2.05) is 11.8 Å². The van der Waals surface area contributed by atoms with E-state index in [-0.39, 0.29) is 23.2 Å². The van der Waals surface area contributed by atoms with Crippen molar-refractivity contribution in [2.45, 2.75) is 24.7 Å². The number of sulfonamides is 1. The Bertz CT molecular complexity index is 975. The van der Waals surface area contributed by atoms with Gasteiger partial charge in [-0.05, 0) is 42.8 Å². The van der Waals surface area contributed by atoms with E-state index in [1.54, 1.807) is 23.1 Å². The molecule has 0 unspecified atom stereocenters. The van der Waals surface area contributed by atoms with E-state index in [9.17, 15) is 17.6 Å². The van der Waals surface area contributed by atoms with Gasteiger partial charge in [0, 0.05) is 32.7 Å². The van der Waals surface area contributed by atoms with Crippen LogP contribution in [0.2, 0.25) is 0 Å². The van der Waals surface area contributed by atoms with Crippen molar-refractivity contribution in [3.05, 3.63) is 54.3 Å². The molecule has 0 saturated carbocycles. The summed E-state index contributed by atoms with van der Waals surface area (Å²) < 4.78 is 46.4. The van der Waals surface area contributed by atoms with E-state index in [0.29, 0.717) is 44.2 Å². The molecule has 7 nitrogen and oxygen atoms in total. The van der Waals surface area contributed by atoms with Crippen LogP contribution in [0.15, 0.2) is 53.4 Å². The standard InChI is InChI=1S/C22H28FN3O4S/c1-2-3-12-24-31(28,29)19-10-8-18(9-11-19)30-17-22(27)26-15-13-25(14-16-26)21-7-5-4-6-20(21)23/h4-11,24H,2-3,12-17H2,1H3. The van der Waals surface area contributed by atoms with Crippen LogP contribution in [0.5, 0.6) is 5.75 Å². The largest absolute Gasteiger partial charge is 0.484 e. The Morgan fingerprint density at radius 3 is 2.39 bits per heavy atom. The average Bonchev–Trinajstić information content (AvgIpc) is 2.78. The molecule has 31 heavy (non-hydrogen) atoms. The predicted octanol–water partition coefficient (Wildman–Crippen LogP) is 2.63. The number of carbonyl (C=O) groups is 1. The highest BCUT2D eigenvalue weighted by atomic mass is 32.2. The van der Waals surface area contributed by atoms with Gasteiger partial charge in [-0.2, -0.15) is 0 Å². The monoisotopic (exact) mass is 449 g/mol. The molecule has 0 radical (unpaired) electrons. The Kier molecular flexibility index (Phi) is 7.86. The minimum Gasteiger partial charge on any atom is -0.484 e. The molecule has 1 saturated heterocycles. The smallest absolute Gasteiger partial charge is 0.260 e. The molecule has 0 aliphatic carbocycles. The molecule has 3 rings (SSSR count). The van der Waals surface area contributed by atoms with E-state index < -0.39 is 10.0 Å². The second-order valence-electron chi connectivity index (χ2n) is 7.33. The number of para-hydroxylation sites is 1. The molecule has 9 heteroatoms. The van der Waals surface area contributed by atoms with E-state index >= 15 is 0 Å². The molecular formula is C22H28FN3O4S. The van der Waals surface area contributed by atoms with Crippen molar-refractivity contribution in [1.82, 2.24) is 9.62 Å². The van der Waals surface area contributed by atoms with Crippen LogP contribution >= 0.6 is 0 Å². The van der Waals surface area contributed by atoms with Crippen LogP contribution in [0.4, 0.5) is 10.1 Å². The summed E-state index contributed by atoms with van der Waals surface area (Å²) in [6.45, 7) is 4.31. The summed E-state index contributed by atoms with van der Waals surface area (Å²) in [6, 6.07) is 12.6. The third-order valence-corrected chi connectivity index (χ3v) is 6.62. The van der Waals surface area contributed by atoms with Gasteiger partial charge >= 0.3 is 0 Å². The van der Waals surface area contributed by atoms with Gasteiger partial charge in [0.1, 0.15) is 11.6 Å². The molecule has 1 amide bonds. The Morgan fingerprint density at radius 2 is 1.74 bits per heavy atom. The van der Waals surface area contributed by atoms with Crippen molar-refractivity contribution < 1.29 is 22.3 Å². The number of nitrogens with zero attached hydrogens (tertiary/aromatic N) is 2. The Labute approximate surface area is 182 Å². The minimum atomic E-state index is -3.54. The van der Waals surface area contributed by atoms with Gasteiger partial charge in [-0.1, -0.05) is 25.5 Å². The number of halogens is 1. The Hall–Kier alpha value is -2.65. The van der Waals surface area contributed by atoms with Crippen LogP contribution in [0.25, 0.3) is 0 Å². The van der Waals surface area contributed by atoms with Crippen molar-refractivity contribution in [2.75, 3.05) is 44.2 Å².